The first-order valence-corrected chi connectivity index (χ1v) is 7.23. The molecule has 0 aliphatic heterocycles. The fourth-order valence-corrected chi connectivity index (χ4v) is 2.12. The standard InChI is InChI=1S/C16H17F2N5O/c1-11(15(24)21-13-5-3-4-12(8-13)9-19)22(2)10-14-20-6-7-23(14)16(17)18/h3-8,11,16H,10H2,1-2H3,(H,21,24)/t11-/m0/s1. The Labute approximate surface area is 138 Å². The van der Waals surface area contributed by atoms with Crippen molar-refractivity contribution in [2.24, 2.45) is 0 Å². The number of hydrogen-bond donors (Lipinski definition) is 1. The monoisotopic (exact) mass is 333 g/mol. The lowest BCUT2D eigenvalue weighted by atomic mass is 10.2. The number of anilines is 1. The number of aromatic nitrogens is 2. The molecule has 1 amide bonds. The summed E-state index contributed by atoms with van der Waals surface area (Å²) in [4.78, 5) is 17.8. The molecule has 0 fully saturated rings. The fourth-order valence-electron chi connectivity index (χ4n) is 2.12. The molecule has 1 aromatic heterocycles. The molecular weight excluding hydrogens is 316 g/mol. The third kappa shape index (κ3) is 4.14. The van der Waals surface area contributed by atoms with Gasteiger partial charge in [0.05, 0.1) is 24.2 Å². The molecule has 24 heavy (non-hydrogen) atoms. The van der Waals surface area contributed by atoms with Crippen molar-refractivity contribution >= 4 is 11.6 Å². The average Bonchev–Trinajstić information content (AvgIpc) is 3.02. The molecule has 1 heterocycles. The lowest BCUT2D eigenvalue weighted by molar-refractivity contribution is -0.120. The Hall–Kier alpha value is -2.79. The normalized spacial score (nSPS) is 12.2. The molecule has 1 atom stereocenters. The van der Waals surface area contributed by atoms with E-state index >= 15 is 0 Å². The van der Waals surface area contributed by atoms with E-state index in [9.17, 15) is 13.6 Å². The predicted octanol–water partition coefficient (Wildman–Crippen LogP) is 2.61. The number of rotatable bonds is 6. The summed E-state index contributed by atoms with van der Waals surface area (Å²) < 4.78 is 26.4. The zero-order valence-corrected chi connectivity index (χ0v) is 13.3. The van der Waals surface area contributed by atoms with Crippen molar-refractivity contribution in [1.29, 1.82) is 5.26 Å². The van der Waals surface area contributed by atoms with Gasteiger partial charge >= 0.3 is 6.55 Å². The van der Waals surface area contributed by atoms with Crippen molar-refractivity contribution in [1.82, 2.24) is 14.5 Å². The summed E-state index contributed by atoms with van der Waals surface area (Å²) in [5.74, 6) is -0.124. The van der Waals surface area contributed by atoms with Crippen LogP contribution in [0.4, 0.5) is 14.5 Å². The Bertz CT molecular complexity index is 753. The maximum Gasteiger partial charge on any atom is 0.319 e. The van der Waals surface area contributed by atoms with Crippen LogP contribution in [0.3, 0.4) is 0 Å². The Kier molecular flexibility index (Phi) is 5.60. The Morgan fingerprint density at radius 2 is 2.25 bits per heavy atom. The van der Waals surface area contributed by atoms with Gasteiger partial charge in [-0.3, -0.25) is 14.3 Å². The lowest BCUT2D eigenvalue weighted by Gasteiger charge is -2.23. The summed E-state index contributed by atoms with van der Waals surface area (Å²) in [6, 6.07) is 7.97. The number of nitrogens with zero attached hydrogens (tertiary/aromatic N) is 4. The van der Waals surface area contributed by atoms with E-state index in [0.29, 0.717) is 11.3 Å². The topological polar surface area (TPSA) is 74.0 Å². The Morgan fingerprint density at radius 3 is 2.92 bits per heavy atom. The van der Waals surface area contributed by atoms with Crippen LogP contribution in [0.2, 0.25) is 0 Å². The van der Waals surface area contributed by atoms with Crippen LogP contribution in [0.25, 0.3) is 0 Å². The summed E-state index contributed by atoms with van der Waals surface area (Å²) >= 11 is 0. The number of amides is 1. The Balaban J connectivity index is 2.01. The van der Waals surface area contributed by atoms with Gasteiger partial charge in [0, 0.05) is 18.1 Å². The largest absolute Gasteiger partial charge is 0.325 e. The molecule has 8 heteroatoms. The minimum absolute atomic E-state index is 0.101. The summed E-state index contributed by atoms with van der Waals surface area (Å²) in [5.41, 5.74) is 0.946. The molecule has 1 aromatic carbocycles. The van der Waals surface area contributed by atoms with Crippen LogP contribution in [0.5, 0.6) is 0 Å². The van der Waals surface area contributed by atoms with Gasteiger partial charge in [-0.2, -0.15) is 14.0 Å². The number of carbonyl (C=O) groups excluding carboxylic acids is 1. The number of nitriles is 1. The Morgan fingerprint density at radius 1 is 1.50 bits per heavy atom. The molecule has 0 saturated heterocycles. The number of carbonyl (C=O) groups is 1. The average molecular weight is 333 g/mol. The summed E-state index contributed by atoms with van der Waals surface area (Å²) in [7, 11) is 1.65. The second-order valence-corrected chi connectivity index (χ2v) is 5.30. The van der Waals surface area contributed by atoms with Crippen LogP contribution >= 0.6 is 0 Å². The molecule has 1 N–H and O–H groups in total. The number of alkyl halides is 2. The molecule has 2 aromatic rings. The maximum atomic E-state index is 12.8. The van der Waals surface area contributed by atoms with Gasteiger partial charge in [-0.15, -0.1) is 0 Å². The van der Waals surface area contributed by atoms with Gasteiger partial charge in [0.2, 0.25) is 5.91 Å². The minimum Gasteiger partial charge on any atom is -0.325 e. The number of halogens is 2. The number of imidazole rings is 1. The van der Waals surface area contributed by atoms with Crippen molar-refractivity contribution in [3.63, 3.8) is 0 Å². The second-order valence-electron chi connectivity index (χ2n) is 5.30. The SMILES string of the molecule is C[C@@H](C(=O)Nc1cccc(C#N)c1)N(C)Cc1nccn1C(F)F. The van der Waals surface area contributed by atoms with Crippen molar-refractivity contribution in [2.75, 3.05) is 12.4 Å². The van der Waals surface area contributed by atoms with Crippen LogP contribution in [0, 0.1) is 11.3 Å². The second kappa shape index (κ2) is 7.66. The van der Waals surface area contributed by atoms with E-state index in [0.717, 1.165) is 4.57 Å². The third-order valence-electron chi connectivity index (χ3n) is 3.65. The molecule has 0 unspecified atom stereocenters. The van der Waals surface area contributed by atoms with E-state index in [1.807, 2.05) is 6.07 Å². The van der Waals surface area contributed by atoms with Crippen LogP contribution < -0.4 is 5.32 Å². The number of nitrogens with one attached hydrogen (secondary N) is 1. The van der Waals surface area contributed by atoms with Crippen LogP contribution in [0.1, 0.15) is 24.9 Å². The number of likely N-dealkylation sites (N-methyl/N-ethyl adjacent to an activating group) is 1. The molecule has 0 radical (unpaired) electrons. The summed E-state index contributed by atoms with van der Waals surface area (Å²) in [5, 5.41) is 11.6. The van der Waals surface area contributed by atoms with Gasteiger partial charge in [-0.25, -0.2) is 4.98 Å². The molecule has 0 spiro atoms. The first kappa shape index (κ1) is 17.6. The van der Waals surface area contributed by atoms with E-state index in [-0.39, 0.29) is 18.3 Å². The van der Waals surface area contributed by atoms with E-state index in [4.69, 9.17) is 5.26 Å². The van der Waals surface area contributed by atoms with Gasteiger partial charge in [0.25, 0.3) is 0 Å². The predicted molar refractivity (Wildman–Crippen MR) is 84.2 cm³/mol. The van der Waals surface area contributed by atoms with Gasteiger partial charge in [0.1, 0.15) is 5.82 Å². The highest BCUT2D eigenvalue weighted by atomic mass is 19.3. The minimum atomic E-state index is -2.67. The van der Waals surface area contributed by atoms with Crippen LogP contribution in [-0.2, 0) is 11.3 Å². The van der Waals surface area contributed by atoms with E-state index in [1.165, 1.54) is 12.4 Å². The zero-order chi connectivity index (χ0) is 17.7. The van der Waals surface area contributed by atoms with Crippen molar-refractivity contribution in [3.05, 3.63) is 48.0 Å². The van der Waals surface area contributed by atoms with Crippen molar-refractivity contribution in [2.45, 2.75) is 26.1 Å². The number of hydrogen-bond acceptors (Lipinski definition) is 4. The van der Waals surface area contributed by atoms with Crippen LogP contribution in [-0.4, -0.2) is 33.4 Å². The van der Waals surface area contributed by atoms with Gasteiger partial charge in [0.15, 0.2) is 0 Å². The number of benzene rings is 1. The van der Waals surface area contributed by atoms with E-state index < -0.39 is 12.6 Å². The van der Waals surface area contributed by atoms with Crippen molar-refractivity contribution < 1.29 is 13.6 Å². The lowest BCUT2D eigenvalue weighted by Crippen LogP contribution is -2.39. The molecule has 2 rings (SSSR count). The first-order valence-electron chi connectivity index (χ1n) is 7.23. The molecule has 0 aliphatic rings. The summed E-state index contributed by atoms with van der Waals surface area (Å²) in [6.45, 7) is -0.905. The van der Waals surface area contributed by atoms with Crippen LogP contribution in [0.15, 0.2) is 36.7 Å². The maximum absolute atomic E-state index is 12.8. The van der Waals surface area contributed by atoms with E-state index in [2.05, 4.69) is 10.3 Å². The summed E-state index contributed by atoms with van der Waals surface area (Å²) in [6.07, 6.45) is 2.50. The van der Waals surface area contributed by atoms with Gasteiger partial charge < -0.3 is 5.32 Å². The van der Waals surface area contributed by atoms with Gasteiger partial charge in [-0.05, 0) is 32.2 Å². The molecular formula is C16H17F2N5O. The molecule has 6 nitrogen and oxygen atoms in total. The first-order chi connectivity index (χ1) is 11.4. The molecule has 126 valence electrons. The van der Waals surface area contributed by atoms with E-state index in [1.54, 1.807) is 43.1 Å². The highest BCUT2D eigenvalue weighted by molar-refractivity contribution is 5.94. The zero-order valence-electron chi connectivity index (χ0n) is 13.3. The molecule has 0 aliphatic carbocycles. The quantitative estimate of drug-likeness (QED) is 0.882. The van der Waals surface area contributed by atoms with Crippen molar-refractivity contribution in [3.8, 4) is 6.07 Å². The smallest absolute Gasteiger partial charge is 0.319 e. The molecule has 0 saturated carbocycles. The third-order valence-corrected chi connectivity index (χ3v) is 3.65. The highest BCUT2D eigenvalue weighted by Gasteiger charge is 2.21. The molecule has 0 bridgehead atoms. The van der Waals surface area contributed by atoms with Gasteiger partial charge in [-0.1, -0.05) is 6.07 Å². The highest BCUT2D eigenvalue weighted by Crippen LogP contribution is 2.15. The fraction of sp³-hybridized carbons (Fsp3) is 0.312.